The van der Waals surface area contributed by atoms with E-state index < -0.39 is 0 Å². The Hall–Kier alpha value is -5.86. The largest absolute Gasteiger partial charge is 0.454 e. The fourth-order valence-corrected chi connectivity index (χ4v) is 6.83. The number of fused-ring (bicyclic) bond motifs is 9. The Bertz CT molecular complexity index is 2470. The van der Waals surface area contributed by atoms with Crippen molar-refractivity contribution in [2.45, 2.75) is 0 Å². The lowest BCUT2D eigenvalue weighted by Crippen LogP contribution is -2.10. The Kier molecular flexibility index (Phi) is 5.54. The van der Waals surface area contributed by atoms with Crippen molar-refractivity contribution in [3.05, 3.63) is 164 Å². The number of rotatable bonds is 4. The summed E-state index contributed by atoms with van der Waals surface area (Å²) < 4.78 is 6.60. The van der Waals surface area contributed by atoms with Gasteiger partial charge in [-0.25, -0.2) is 0 Å². The van der Waals surface area contributed by atoms with E-state index in [2.05, 4.69) is 157 Å². The molecule has 0 radical (unpaired) electrons. The highest BCUT2D eigenvalue weighted by Crippen LogP contribution is 2.45. The molecule has 0 N–H and O–H groups in total. The molecule has 0 saturated heterocycles. The first kappa shape index (κ1) is 24.7. The number of furan rings is 1. The maximum absolute atomic E-state index is 6.60. The Labute approximate surface area is 255 Å². The molecule has 0 aliphatic carbocycles. The van der Waals surface area contributed by atoms with Crippen molar-refractivity contribution >= 4 is 71.3 Å². The summed E-state index contributed by atoms with van der Waals surface area (Å²) >= 11 is 0. The third kappa shape index (κ3) is 3.82. The summed E-state index contributed by atoms with van der Waals surface area (Å²) in [5.41, 5.74) is 7.29. The quantitative estimate of drug-likeness (QED) is 0.199. The van der Waals surface area contributed by atoms with Crippen LogP contribution in [0.2, 0.25) is 0 Å². The van der Waals surface area contributed by atoms with Gasteiger partial charge in [0, 0.05) is 22.1 Å². The van der Waals surface area contributed by atoms with Gasteiger partial charge in [-0.1, -0.05) is 127 Å². The van der Waals surface area contributed by atoms with E-state index in [1.54, 1.807) is 0 Å². The summed E-state index contributed by atoms with van der Waals surface area (Å²) in [6, 6.07) is 58.5. The molecule has 2 heteroatoms. The van der Waals surface area contributed by atoms with Crippen LogP contribution < -0.4 is 4.90 Å². The fraction of sp³-hybridized carbons (Fsp3) is 0. The predicted molar refractivity (Wildman–Crippen MR) is 186 cm³/mol. The minimum absolute atomic E-state index is 0.877. The molecule has 0 unspecified atom stereocenters. The summed E-state index contributed by atoms with van der Waals surface area (Å²) in [6.07, 6.45) is 0. The van der Waals surface area contributed by atoms with Crippen LogP contribution in [0.25, 0.3) is 65.4 Å². The molecule has 0 spiro atoms. The van der Waals surface area contributed by atoms with Gasteiger partial charge < -0.3 is 9.32 Å². The number of benzene rings is 8. The number of hydrogen-bond donors (Lipinski definition) is 0. The van der Waals surface area contributed by atoms with Crippen molar-refractivity contribution in [1.29, 1.82) is 0 Å². The molecule has 206 valence electrons. The molecule has 0 aliphatic heterocycles. The first-order chi connectivity index (χ1) is 21.8. The van der Waals surface area contributed by atoms with Crippen molar-refractivity contribution in [3.8, 4) is 11.1 Å². The Morgan fingerprint density at radius 2 is 0.886 bits per heavy atom. The first-order valence-electron chi connectivity index (χ1n) is 15.0. The molecule has 0 bridgehead atoms. The van der Waals surface area contributed by atoms with Gasteiger partial charge in [-0.05, 0) is 79.8 Å². The molecule has 9 aromatic rings. The van der Waals surface area contributed by atoms with Crippen LogP contribution >= 0.6 is 0 Å². The van der Waals surface area contributed by atoms with Crippen LogP contribution in [-0.4, -0.2) is 0 Å². The van der Waals surface area contributed by atoms with Crippen LogP contribution in [0.4, 0.5) is 17.1 Å². The molecule has 9 rings (SSSR count). The second-order valence-corrected chi connectivity index (χ2v) is 11.3. The molecule has 0 fully saturated rings. The summed E-state index contributed by atoms with van der Waals surface area (Å²) in [6.45, 7) is 0. The van der Waals surface area contributed by atoms with Gasteiger partial charge in [0.1, 0.15) is 5.58 Å². The van der Waals surface area contributed by atoms with Crippen LogP contribution in [0.3, 0.4) is 0 Å². The Balaban J connectivity index is 1.35. The number of anilines is 3. The summed E-state index contributed by atoms with van der Waals surface area (Å²) in [7, 11) is 0. The van der Waals surface area contributed by atoms with E-state index in [4.69, 9.17) is 4.42 Å². The maximum atomic E-state index is 6.60. The number of hydrogen-bond acceptors (Lipinski definition) is 2. The van der Waals surface area contributed by atoms with Gasteiger partial charge in [0.2, 0.25) is 0 Å². The van der Waals surface area contributed by atoms with Gasteiger partial charge in [0.25, 0.3) is 0 Å². The van der Waals surface area contributed by atoms with Gasteiger partial charge in [-0.3, -0.25) is 0 Å². The van der Waals surface area contributed by atoms with Crippen molar-refractivity contribution in [3.63, 3.8) is 0 Å². The molecule has 0 aliphatic rings. The van der Waals surface area contributed by atoms with Gasteiger partial charge in [-0.15, -0.1) is 0 Å². The fourth-order valence-electron chi connectivity index (χ4n) is 6.83. The monoisotopic (exact) mass is 561 g/mol. The lowest BCUT2D eigenvalue weighted by molar-refractivity contribution is 0.669. The molecule has 0 saturated carbocycles. The van der Waals surface area contributed by atoms with Crippen LogP contribution in [-0.2, 0) is 0 Å². The summed E-state index contributed by atoms with van der Waals surface area (Å²) in [5.74, 6) is 0. The van der Waals surface area contributed by atoms with E-state index in [9.17, 15) is 0 Å². The minimum atomic E-state index is 0.877. The molecular weight excluding hydrogens is 534 g/mol. The number of nitrogens with zero attached hydrogens (tertiary/aromatic N) is 1. The van der Waals surface area contributed by atoms with Gasteiger partial charge in [-0.2, -0.15) is 0 Å². The molecular formula is C42H27NO. The summed E-state index contributed by atoms with van der Waals surface area (Å²) in [5, 5.41) is 9.79. The van der Waals surface area contributed by atoms with Crippen LogP contribution in [0, 0.1) is 0 Å². The van der Waals surface area contributed by atoms with Crippen molar-refractivity contribution < 1.29 is 4.42 Å². The summed E-state index contributed by atoms with van der Waals surface area (Å²) in [4.78, 5) is 2.35. The van der Waals surface area contributed by atoms with Crippen molar-refractivity contribution in [1.82, 2.24) is 0 Å². The minimum Gasteiger partial charge on any atom is -0.454 e. The SMILES string of the molecule is c1ccc(-c2cccc(N(c3ccc4c5ccccc5c5ccccc5c4c3)c3cccc4c3oc3ccccc34)c2)cc1. The second kappa shape index (κ2) is 9.86. The molecule has 2 nitrogen and oxygen atoms in total. The highest BCUT2D eigenvalue weighted by molar-refractivity contribution is 6.26. The van der Waals surface area contributed by atoms with Crippen molar-refractivity contribution in [2.24, 2.45) is 0 Å². The predicted octanol–water partition coefficient (Wildman–Crippen LogP) is 12.2. The lowest BCUT2D eigenvalue weighted by atomic mass is 9.94. The highest BCUT2D eigenvalue weighted by Gasteiger charge is 2.21. The average Bonchev–Trinajstić information content (AvgIpc) is 3.49. The zero-order valence-corrected chi connectivity index (χ0v) is 23.9. The third-order valence-electron chi connectivity index (χ3n) is 8.82. The van der Waals surface area contributed by atoms with Crippen LogP contribution in [0.15, 0.2) is 168 Å². The standard InChI is InChI=1S/C42H27NO/c1-2-12-28(13-3-1)29-14-10-15-30(26-29)43(40-22-11-21-38-37-20-8-9-23-41(37)44-42(38)40)31-24-25-36-34-18-5-4-16-32(34)33-17-6-7-19-35(33)39(36)27-31/h1-27H. The smallest absolute Gasteiger partial charge is 0.159 e. The Morgan fingerprint density at radius 1 is 0.341 bits per heavy atom. The van der Waals surface area contributed by atoms with Crippen LogP contribution in [0.5, 0.6) is 0 Å². The first-order valence-corrected chi connectivity index (χ1v) is 15.0. The van der Waals surface area contributed by atoms with E-state index in [1.807, 2.05) is 12.1 Å². The lowest BCUT2D eigenvalue weighted by Gasteiger charge is -2.27. The van der Waals surface area contributed by atoms with E-state index in [0.29, 0.717) is 0 Å². The van der Waals surface area contributed by atoms with Gasteiger partial charge >= 0.3 is 0 Å². The normalized spacial score (nSPS) is 11.6. The van der Waals surface area contributed by atoms with Gasteiger partial charge in [0.05, 0.1) is 5.69 Å². The maximum Gasteiger partial charge on any atom is 0.159 e. The van der Waals surface area contributed by atoms with E-state index in [0.717, 1.165) is 39.0 Å². The zero-order chi connectivity index (χ0) is 29.0. The third-order valence-corrected chi connectivity index (χ3v) is 8.82. The van der Waals surface area contributed by atoms with Gasteiger partial charge in [0.15, 0.2) is 5.58 Å². The Morgan fingerprint density at radius 3 is 1.64 bits per heavy atom. The zero-order valence-electron chi connectivity index (χ0n) is 23.9. The molecule has 1 aromatic heterocycles. The molecule has 1 heterocycles. The molecule has 44 heavy (non-hydrogen) atoms. The topological polar surface area (TPSA) is 16.4 Å². The van der Waals surface area contributed by atoms with E-state index >= 15 is 0 Å². The van der Waals surface area contributed by atoms with E-state index in [-0.39, 0.29) is 0 Å². The number of para-hydroxylation sites is 2. The molecule has 0 amide bonds. The highest BCUT2D eigenvalue weighted by atomic mass is 16.3. The van der Waals surface area contributed by atoms with Crippen molar-refractivity contribution in [2.75, 3.05) is 4.90 Å². The molecule has 8 aromatic carbocycles. The van der Waals surface area contributed by atoms with E-state index in [1.165, 1.54) is 43.4 Å². The van der Waals surface area contributed by atoms with Crippen LogP contribution in [0.1, 0.15) is 0 Å². The second-order valence-electron chi connectivity index (χ2n) is 11.3. The molecule has 0 atom stereocenters. The average molecular weight is 562 g/mol.